The third-order valence-electron chi connectivity index (χ3n) is 3.03. The number of carbonyl (C=O) groups is 1. The molecule has 0 spiro atoms. The van der Waals surface area contributed by atoms with Crippen LogP contribution in [0.25, 0.3) is 0 Å². The number of hydrogen-bond donors (Lipinski definition) is 1. The maximum atomic E-state index is 12.4. The van der Waals surface area contributed by atoms with Gasteiger partial charge in [-0.25, -0.2) is 0 Å². The molecule has 1 N–H and O–H groups in total. The maximum absolute atomic E-state index is 12.4. The van der Waals surface area contributed by atoms with Crippen LogP contribution in [-0.2, 0) is 5.88 Å². The Hall–Kier alpha value is -1.52. The van der Waals surface area contributed by atoms with E-state index in [-0.39, 0.29) is 5.91 Å². The van der Waals surface area contributed by atoms with Crippen molar-refractivity contribution in [2.75, 3.05) is 24.3 Å². The van der Waals surface area contributed by atoms with E-state index in [4.69, 9.17) is 11.6 Å². The number of amides is 1. The average molecular weight is 368 g/mol. The van der Waals surface area contributed by atoms with Gasteiger partial charge in [-0.05, 0) is 35.9 Å². The molecule has 0 aliphatic carbocycles. The van der Waals surface area contributed by atoms with Crippen molar-refractivity contribution in [3.8, 4) is 0 Å². The molecule has 0 unspecified atom stereocenters. The summed E-state index contributed by atoms with van der Waals surface area (Å²) in [6.07, 6.45) is 0. The van der Waals surface area contributed by atoms with E-state index in [1.54, 1.807) is 12.1 Å². The Balaban J connectivity index is 2.28. The summed E-state index contributed by atoms with van der Waals surface area (Å²) in [4.78, 5) is 14.3. The first kappa shape index (κ1) is 15.9. The summed E-state index contributed by atoms with van der Waals surface area (Å²) in [7, 11) is 3.88. The molecule has 0 fully saturated rings. The van der Waals surface area contributed by atoms with Crippen LogP contribution < -0.4 is 10.2 Å². The minimum Gasteiger partial charge on any atom is -0.376 e. The summed E-state index contributed by atoms with van der Waals surface area (Å²) in [5, 5.41) is 2.95. The topological polar surface area (TPSA) is 32.3 Å². The fraction of sp³-hybridized carbons (Fsp3) is 0.188. The number of halogens is 2. The predicted octanol–water partition coefficient (Wildman–Crippen LogP) is 4.51. The van der Waals surface area contributed by atoms with Crippen LogP contribution in [0, 0.1) is 0 Å². The molecule has 1 amide bonds. The smallest absolute Gasteiger partial charge is 0.255 e. The molecule has 3 nitrogen and oxygen atoms in total. The van der Waals surface area contributed by atoms with Gasteiger partial charge in [0.25, 0.3) is 5.91 Å². The van der Waals surface area contributed by atoms with Gasteiger partial charge in [0.2, 0.25) is 0 Å². The van der Waals surface area contributed by atoms with Gasteiger partial charge in [0.15, 0.2) is 0 Å². The van der Waals surface area contributed by atoms with Crippen LogP contribution in [0.1, 0.15) is 15.9 Å². The summed E-state index contributed by atoms with van der Waals surface area (Å²) in [5.74, 6) is 0.240. The van der Waals surface area contributed by atoms with Crippen molar-refractivity contribution in [3.05, 3.63) is 58.1 Å². The summed E-state index contributed by atoms with van der Waals surface area (Å²) in [6, 6.07) is 13.1. The van der Waals surface area contributed by atoms with E-state index in [1.807, 2.05) is 49.3 Å². The molecule has 0 aromatic heterocycles. The Kier molecular flexibility index (Phi) is 5.26. The molecular weight excluding hydrogens is 352 g/mol. The summed E-state index contributed by atoms with van der Waals surface area (Å²) < 4.78 is 0.915. The monoisotopic (exact) mass is 366 g/mol. The lowest BCUT2D eigenvalue weighted by molar-refractivity contribution is 0.102. The van der Waals surface area contributed by atoms with Gasteiger partial charge in [-0.1, -0.05) is 28.1 Å². The fourth-order valence-electron chi connectivity index (χ4n) is 1.99. The minimum absolute atomic E-state index is 0.150. The zero-order valence-corrected chi connectivity index (χ0v) is 14.2. The van der Waals surface area contributed by atoms with Crippen LogP contribution in [0.3, 0.4) is 0 Å². The molecule has 0 saturated carbocycles. The van der Waals surface area contributed by atoms with E-state index in [1.165, 1.54) is 0 Å². The quantitative estimate of drug-likeness (QED) is 0.807. The highest BCUT2D eigenvalue weighted by Gasteiger charge is 2.11. The molecule has 0 aliphatic rings. The van der Waals surface area contributed by atoms with Crippen molar-refractivity contribution >= 4 is 44.8 Å². The highest BCUT2D eigenvalue weighted by atomic mass is 79.9. The largest absolute Gasteiger partial charge is 0.376 e. The number of alkyl halides is 1. The van der Waals surface area contributed by atoms with Crippen LogP contribution in [0.15, 0.2) is 46.9 Å². The maximum Gasteiger partial charge on any atom is 0.255 e. The number of nitrogens with zero attached hydrogens (tertiary/aromatic N) is 1. The third-order valence-corrected chi connectivity index (χ3v) is 3.83. The van der Waals surface area contributed by atoms with Crippen molar-refractivity contribution < 1.29 is 4.79 Å². The van der Waals surface area contributed by atoms with Crippen molar-refractivity contribution in [1.82, 2.24) is 0 Å². The molecule has 0 saturated heterocycles. The lowest BCUT2D eigenvalue weighted by Crippen LogP contribution is -2.16. The van der Waals surface area contributed by atoms with Gasteiger partial charge in [0, 0.05) is 30.0 Å². The first-order valence-corrected chi connectivity index (χ1v) is 7.77. The number of carbonyl (C=O) groups excluding carboxylic acids is 1. The van der Waals surface area contributed by atoms with Crippen molar-refractivity contribution in [2.45, 2.75) is 5.88 Å². The standard InChI is InChI=1S/C16H16BrClN2O/c1-20(2)15-7-6-13(17)9-14(15)19-16(21)12-5-3-4-11(8-12)10-18/h3-9H,10H2,1-2H3,(H,19,21). The molecule has 5 heteroatoms. The SMILES string of the molecule is CN(C)c1ccc(Br)cc1NC(=O)c1cccc(CCl)c1. The number of hydrogen-bond acceptors (Lipinski definition) is 2. The Labute approximate surface area is 138 Å². The molecule has 0 aliphatic heterocycles. The van der Waals surface area contributed by atoms with Gasteiger partial charge in [0.1, 0.15) is 0 Å². The van der Waals surface area contributed by atoms with E-state index in [9.17, 15) is 4.79 Å². The molecule has 0 radical (unpaired) electrons. The van der Waals surface area contributed by atoms with Gasteiger partial charge in [-0.15, -0.1) is 11.6 Å². The van der Waals surface area contributed by atoms with Gasteiger partial charge in [-0.2, -0.15) is 0 Å². The minimum atomic E-state index is -0.150. The van der Waals surface area contributed by atoms with Crippen LogP contribution in [0.2, 0.25) is 0 Å². The van der Waals surface area contributed by atoms with E-state index in [2.05, 4.69) is 21.2 Å². The van der Waals surface area contributed by atoms with Gasteiger partial charge in [-0.3, -0.25) is 4.79 Å². The Bertz CT molecular complexity index is 658. The molecule has 0 bridgehead atoms. The van der Waals surface area contributed by atoms with E-state index >= 15 is 0 Å². The number of anilines is 2. The highest BCUT2D eigenvalue weighted by molar-refractivity contribution is 9.10. The fourth-order valence-corrected chi connectivity index (χ4v) is 2.52. The normalized spacial score (nSPS) is 10.3. The average Bonchev–Trinajstić information content (AvgIpc) is 2.47. The van der Waals surface area contributed by atoms with Gasteiger partial charge >= 0.3 is 0 Å². The second kappa shape index (κ2) is 6.96. The molecule has 2 rings (SSSR count). The molecule has 21 heavy (non-hydrogen) atoms. The molecule has 2 aromatic rings. The lowest BCUT2D eigenvalue weighted by Gasteiger charge is -2.18. The first-order valence-electron chi connectivity index (χ1n) is 6.44. The third kappa shape index (κ3) is 3.99. The number of benzene rings is 2. The molecule has 2 aromatic carbocycles. The van der Waals surface area contributed by atoms with Crippen molar-refractivity contribution in [3.63, 3.8) is 0 Å². The molecular formula is C16H16BrClN2O. The lowest BCUT2D eigenvalue weighted by atomic mass is 10.1. The van der Waals surface area contributed by atoms with Crippen LogP contribution in [0.4, 0.5) is 11.4 Å². The molecule has 110 valence electrons. The van der Waals surface area contributed by atoms with Crippen LogP contribution in [-0.4, -0.2) is 20.0 Å². The highest BCUT2D eigenvalue weighted by Crippen LogP contribution is 2.28. The zero-order valence-electron chi connectivity index (χ0n) is 11.9. The van der Waals surface area contributed by atoms with Crippen molar-refractivity contribution in [1.29, 1.82) is 0 Å². The summed E-state index contributed by atoms with van der Waals surface area (Å²) in [6.45, 7) is 0. The Morgan fingerprint density at radius 1 is 1.24 bits per heavy atom. The van der Waals surface area contributed by atoms with Crippen LogP contribution in [0.5, 0.6) is 0 Å². The van der Waals surface area contributed by atoms with Crippen molar-refractivity contribution in [2.24, 2.45) is 0 Å². The summed E-state index contributed by atoms with van der Waals surface area (Å²) in [5.41, 5.74) is 3.22. The molecule has 0 atom stereocenters. The first-order chi connectivity index (χ1) is 10.0. The van der Waals surface area contributed by atoms with E-state index in [0.29, 0.717) is 11.4 Å². The Morgan fingerprint density at radius 2 is 2.00 bits per heavy atom. The van der Waals surface area contributed by atoms with E-state index in [0.717, 1.165) is 21.4 Å². The van der Waals surface area contributed by atoms with E-state index < -0.39 is 0 Å². The second-order valence-corrected chi connectivity index (χ2v) is 6.03. The Morgan fingerprint density at radius 3 is 2.67 bits per heavy atom. The van der Waals surface area contributed by atoms with Gasteiger partial charge in [0.05, 0.1) is 11.4 Å². The second-order valence-electron chi connectivity index (χ2n) is 4.84. The predicted molar refractivity (Wildman–Crippen MR) is 92.4 cm³/mol. The summed E-state index contributed by atoms with van der Waals surface area (Å²) >= 11 is 9.23. The van der Waals surface area contributed by atoms with Gasteiger partial charge < -0.3 is 10.2 Å². The number of rotatable bonds is 4. The van der Waals surface area contributed by atoms with Crippen LogP contribution >= 0.6 is 27.5 Å². The number of nitrogens with one attached hydrogen (secondary N) is 1. The molecule has 0 heterocycles. The zero-order chi connectivity index (χ0) is 15.4.